The molecule has 9 heavy (non-hydrogen) atoms. The minimum atomic E-state index is 0.831. The Hall–Kier alpha value is 0.0900. The van der Waals surface area contributed by atoms with E-state index in [4.69, 9.17) is 0 Å². The van der Waals surface area contributed by atoms with Gasteiger partial charge in [-0.2, -0.15) is 12.6 Å². The van der Waals surface area contributed by atoms with Crippen LogP contribution < -0.4 is 0 Å². The lowest BCUT2D eigenvalue weighted by atomic mass is 10.1. The SMILES string of the molecule is CC(C)CC1=C(CS)C1. The van der Waals surface area contributed by atoms with Gasteiger partial charge < -0.3 is 0 Å². The van der Waals surface area contributed by atoms with E-state index in [-0.39, 0.29) is 0 Å². The highest BCUT2D eigenvalue weighted by Crippen LogP contribution is 2.36. The van der Waals surface area contributed by atoms with Crippen molar-refractivity contribution in [1.29, 1.82) is 0 Å². The van der Waals surface area contributed by atoms with Crippen LogP contribution >= 0.6 is 12.6 Å². The molecule has 0 heterocycles. The summed E-state index contributed by atoms with van der Waals surface area (Å²) in [4.78, 5) is 0. The lowest BCUT2D eigenvalue weighted by Gasteiger charge is -1.95. The average Bonchev–Trinajstić information content (AvgIpc) is 2.45. The second-order valence-corrected chi connectivity index (χ2v) is 3.46. The van der Waals surface area contributed by atoms with Crippen LogP contribution in [0.5, 0.6) is 0 Å². The van der Waals surface area contributed by atoms with Crippen molar-refractivity contribution >= 4 is 12.6 Å². The minimum Gasteiger partial charge on any atom is -0.175 e. The van der Waals surface area contributed by atoms with E-state index in [1.807, 2.05) is 0 Å². The standard InChI is InChI=1S/C8H14S/c1-6(2)3-7-4-8(7)5-9/h6,9H,3-5H2,1-2H3. The molecule has 0 aromatic rings. The van der Waals surface area contributed by atoms with Crippen molar-refractivity contribution in [2.45, 2.75) is 26.7 Å². The second kappa shape index (κ2) is 2.78. The van der Waals surface area contributed by atoms with Crippen molar-refractivity contribution in [3.8, 4) is 0 Å². The molecule has 0 aromatic carbocycles. The first-order chi connectivity index (χ1) is 4.24. The van der Waals surface area contributed by atoms with Crippen LogP contribution in [0.15, 0.2) is 11.1 Å². The molecule has 1 aliphatic carbocycles. The van der Waals surface area contributed by atoms with Crippen molar-refractivity contribution in [3.05, 3.63) is 11.1 Å². The highest BCUT2D eigenvalue weighted by Gasteiger charge is 2.19. The van der Waals surface area contributed by atoms with Crippen LogP contribution in [0, 0.1) is 5.92 Å². The van der Waals surface area contributed by atoms with Crippen LogP contribution in [0.1, 0.15) is 26.7 Å². The van der Waals surface area contributed by atoms with E-state index in [9.17, 15) is 0 Å². The first-order valence-electron chi connectivity index (χ1n) is 3.54. The molecule has 0 bridgehead atoms. The molecule has 1 aliphatic rings. The summed E-state index contributed by atoms with van der Waals surface area (Å²) in [7, 11) is 0. The van der Waals surface area contributed by atoms with Gasteiger partial charge in [-0.3, -0.25) is 0 Å². The molecule has 0 aromatic heterocycles. The predicted octanol–water partition coefficient (Wildman–Crippen LogP) is 2.66. The Morgan fingerprint density at radius 1 is 1.44 bits per heavy atom. The molecule has 52 valence electrons. The third-order valence-electron chi connectivity index (χ3n) is 1.65. The maximum Gasteiger partial charge on any atom is 0.0119 e. The van der Waals surface area contributed by atoms with Gasteiger partial charge in [0.05, 0.1) is 0 Å². The fraction of sp³-hybridized carbons (Fsp3) is 0.750. The van der Waals surface area contributed by atoms with E-state index in [0.717, 1.165) is 11.7 Å². The summed E-state index contributed by atoms with van der Waals surface area (Å²) in [5.41, 5.74) is 3.26. The molecule has 1 heteroatoms. The van der Waals surface area contributed by atoms with Crippen LogP contribution in [0.2, 0.25) is 0 Å². The molecule has 0 N–H and O–H groups in total. The monoisotopic (exact) mass is 142 g/mol. The molecule has 0 amide bonds. The van der Waals surface area contributed by atoms with Gasteiger partial charge in [-0.25, -0.2) is 0 Å². The van der Waals surface area contributed by atoms with Crippen LogP contribution in [0.4, 0.5) is 0 Å². The summed E-state index contributed by atoms with van der Waals surface area (Å²) in [5, 5.41) is 0. The predicted molar refractivity (Wildman–Crippen MR) is 45.0 cm³/mol. The number of rotatable bonds is 3. The topological polar surface area (TPSA) is 0 Å². The molecule has 0 saturated carbocycles. The first-order valence-corrected chi connectivity index (χ1v) is 4.18. The van der Waals surface area contributed by atoms with Crippen LogP contribution in [0.25, 0.3) is 0 Å². The molecule has 0 fully saturated rings. The molecule has 0 nitrogen and oxygen atoms in total. The summed E-state index contributed by atoms with van der Waals surface area (Å²) >= 11 is 4.20. The van der Waals surface area contributed by atoms with E-state index < -0.39 is 0 Å². The molecular formula is C8H14S. The zero-order valence-corrected chi connectivity index (χ0v) is 7.04. The third kappa shape index (κ3) is 2.05. The number of hydrogen-bond acceptors (Lipinski definition) is 1. The Morgan fingerprint density at radius 3 is 2.44 bits per heavy atom. The highest BCUT2D eigenvalue weighted by molar-refractivity contribution is 7.80. The second-order valence-electron chi connectivity index (χ2n) is 3.14. The van der Waals surface area contributed by atoms with E-state index in [0.29, 0.717) is 0 Å². The van der Waals surface area contributed by atoms with Crippen molar-refractivity contribution in [1.82, 2.24) is 0 Å². The van der Waals surface area contributed by atoms with E-state index in [2.05, 4.69) is 26.5 Å². The normalized spacial score (nSPS) is 17.3. The van der Waals surface area contributed by atoms with Crippen molar-refractivity contribution in [2.75, 3.05) is 5.75 Å². The van der Waals surface area contributed by atoms with Crippen LogP contribution in [-0.4, -0.2) is 5.75 Å². The Morgan fingerprint density at radius 2 is 2.11 bits per heavy atom. The Labute approximate surface area is 62.8 Å². The van der Waals surface area contributed by atoms with Gasteiger partial charge in [-0.15, -0.1) is 0 Å². The summed E-state index contributed by atoms with van der Waals surface area (Å²) in [6, 6.07) is 0. The molecule has 0 atom stereocenters. The Balaban J connectivity index is 2.24. The van der Waals surface area contributed by atoms with Gasteiger partial charge in [-0.05, 0) is 18.8 Å². The summed E-state index contributed by atoms with van der Waals surface area (Å²) in [5.74, 6) is 1.82. The van der Waals surface area contributed by atoms with Gasteiger partial charge in [0, 0.05) is 5.75 Å². The molecule has 0 saturated heterocycles. The van der Waals surface area contributed by atoms with Gasteiger partial charge in [0.25, 0.3) is 0 Å². The van der Waals surface area contributed by atoms with E-state index in [1.54, 1.807) is 11.1 Å². The smallest absolute Gasteiger partial charge is 0.0119 e. The largest absolute Gasteiger partial charge is 0.175 e. The average molecular weight is 142 g/mol. The maximum atomic E-state index is 4.20. The van der Waals surface area contributed by atoms with E-state index in [1.165, 1.54) is 12.8 Å². The zero-order valence-electron chi connectivity index (χ0n) is 6.15. The molecular weight excluding hydrogens is 128 g/mol. The quantitative estimate of drug-likeness (QED) is 0.454. The molecule has 0 unspecified atom stereocenters. The Kier molecular flexibility index (Phi) is 2.23. The zero-order chi connectivity index (χ0) is 6.85. The van der Waals surface area contributed by atoms with Crippen LogP contribution in [0.3, 0.4) is 0 Å². The summed E-state index contributed by atoms with van der Waals surface area (Å²) in [6.07, 6.45) is 2.58. The van der Waals surface area contributed by atoms with Gasteiger partial charge in [0.1, 0.15) is 0 Å². The highest BCUT2D eigenvalue weighted by atomic mass is 32.1. The Bertz CT molecular complexity index is 134. The lowest BCUT2D eigenvalue weighted by Crippen LogP contribution is -1.82. The molecule has 0 aliphatic heterocycles. The third-order valence-corrected chi connectivity index (χ3v) is 2.03. The van der Waals surface area contributed by atoms with Gasteiger partial charge in [-0.1, -0.05) is 25.0 Å². The number of thiol groups is 1. The van der Waals surface area contributed by atoms with Crippen molar-refractivity contribution < 1.29 is 0 Å². The van der Waals surface area contributed by atoms with Crippen molar-refractivity contribution in [3.63, 3.8) is 0 Å². The molecule has 0 spiro atoms. The maximum absolute atomic E-state index is 4.20. The van der Waals surface area contributed by atoms with Crippen LogP contribution in [-0.2, 0) is 0 Å². The molecule has 0 radical (unpaired) electrons. The summed E-state index contributed by atoms with van der Waals surface area (Å²) in [6.45, 7) is 4.53. The number of hydrogen-bond donors (Lipinski definition) is 1. The lowest BCUT2D eigenvalue weighted by molar-refractivity contribution is 0.651. The summed E-state index contributed by atoms with van der Waals surface area (Å²) < 4.78 is 0. The minimum absolute atomic E-state index is 0.831. The van der Waals surface area contributed by atoms with E-state index >= 15 is 0 Å². The van der Waals surface area contributed by atoms with Gasteiger partial charge in [0.15, 0.2) is 0 Å². The van der Waals surface area contributed by atoms with Gasteiger partial charge >= 0.3 is 0 Å². The first kappa shape index (κ1) is 7.20. The number of allylic oxidation sites excluding steroid dienone is 1. The molecule has 1 rings (SSSR count). The fourth-order valence-corrected chi connectivity index (χ4v) is 1.43. The fourth-order valence-electron chi connectivity index (χ4n) is 1.09. The van der Waals surface area contributed by atoms with Crippen molar-refractivity contribution in [2.24, 2.45) is 5.92 Å². The van der Waals surface area contributed by atoms with Gasteiger partial charge in [0.2, 0.25) is 0 Å².